The molecule has 11 heteroatoms. The van der Waals surface area contributed by atoms with Gasteiger partial charge in [-0.2, -0.15) is 4.31 Å². The molecule has 35 heavy (non-hydrogen) atoms. The molecule has 10 nitrogen and oxygen atoms in total. The summed E-state index contributed by atoms with van der Waals surface area (Å²) < 4.78 is 44.4. The van der Waals surface area contributed by atoms with Crippen molar-refractivity contribution >= 4 is 27.0 Å². The molecule has 0 aliphatic carbocycles. The number of para-hydroxylation sites is 1. The number of carbonyl (C=O) groups excluding carboxylic acids is 1. The Balaban J connectivity index is 1.15. The number of rotatable bonds is 4. The predicted octanol–water partition coefficient (Wildman–Crippen LogP) is 1.78. The maximum absolute atomic E-state index is 13.3. The fraction of sp³-hybridized carbons (Fsp3) is 0.333. The van der Waals surface area contributed by atoms with Crippen LogP contribution in [0.4, 0.5) is 0 Å². The molecule has 3 aliphatic rings. The normalized spacial score (nSPS) is 18.9. The minimum atomic E-state index is -3.75. The molecule has 1 aromatic heterocycles. The summed E-state index contributed by atoms with van der Waals surface area (Å²) in [7, 11) is -3.75. The Kier molecular flexibility index (Phi) is 5.09. The lowest BCUT2D eigenvalue weighted by atomic mass is 10.1. The number of sulfonamides is 1. The predicted molar refractivity (Wildman–Crippen MR) is 124 cm³/mol. The number of aliphatic hydroxyl groups is 1. The van der Waals surface area contributed by atoms with Crippen molar-refractivity contribution in [2.24, 2.45) is 0 Å². The van der Waals surface area contributed by atoms with Gasteiger partial charge in [-0.1, -0.05) is 12.1 Å². The van der Waals surface area contributed by atoms with Gasteiger partial charge in [0.1, 0.15) is 18.7 Å². The summed E-state index contributed by atoms with van der Waals surface area (Å²) >= 11 is 0. The Morgan fingerprint density at radius 2 is 1.74 bits per heavy atom. The third kappa shape index (κ3) is 3.67. The first kappa shape index (κ1) is 22.1. The largest absolute Gasteiger partial charge is 0.486 e. The topological polar surface area (TPSA) is 122 Å². The van der Waals surface area contributed by atoms with Crippen molar-refractivity contribution in [3.05, 3.63) is 59.0 Å². The summed E-state index contributed by atoms with van der Waals surface area (Å²) in [5, 5.41) is 10.8. The maximum Gasteiger partial charge on any atom is 0.256 e. The van der Waals surface area contributed by atoms with Crippen molar-refractivity contribution in [1.82, 2.24) is 14.2 Å². The summed E-state index contributed by atoms with van der Waals surface area (Å²) in [5.74, 6) is 0.948. The van der Waals surface area contributed by atoms with Crippen LogP contribution in [0.3, 0.4) is 0 Å². The van der Waals surface area contributed by atoms with Crippen molar-refractivity contribution < 1.29 is 32.2 Å². The monoisotopic (exact) mass is 497 g/mol. The van der Waals surface area contributed by atoms with Crippen LogP contribution >= 0.6 is 0 Å². The highest BCUT2D eigenvalue weighted by Crippen LogP contribution is 2.36. The molecule has 2 aromatic carbocycles. The van der Waals surface area contributed by atoms with Crippen molar-refractivity contribution in [1.29, 1.82) is 0 Å². The van der Waals surface area contributed by atoms with Gasteiger partial charge in [0.2, 0.25) is 10.0 Å². The Morgan fingerprint density at radius 3 is 2.49 bits per heavy atom. The quantitative estimate of drug-likeness (QED) is 0.542. The number of aromatic nitrogens is 1. The van der Waals surface area contributed by atoms with Crippen LogP contribution in [0.2, 0.25) is 0 Å². The first-order valence-electron chi connectivity index (χ1n) is 11.2. The van der Waals surface area contributed by atoms with Crippen LogP contribution in [-0.2, 0) is 14.8 Å². The lowest BCUT2D eigenvalue weighted by molar-refractivity contribution is -0.139. The zero-order valence-electron chi connectivity index (χ0n) is 18.9. The van der Waals surface area contributed by atoms with Crippen LogP contribution in [0.5, 0.6) is 11.5 Å². The van der Waals surface area contributed by atoms with E-state index in [2.05, 4.69) is 4.98 Å². The maximum atomic E-state index is 13.3. The molecule has 3 aliphatic heterocycles. The Labute approximate surface area is 201 Å². The molecule has 3 aromatic rings. The number of nitrogens with zero attached hydrogens (tertiary/aromatic N) is 3. The Morgan fingerprint density at radius 1 is 1.03 bits per heavy atom. The number of carbonyl (C=O) groups is 1. The van der Waals surface area contributed by atoms with E-state index < -0.39 is 22.0 Å². The minimum absolute atomic E-state index is 0.141. The van der Waals surface area contributed by atoms with E-state index >= 15 is 0 Å². The molecular weight excluding hydrogens is 474 g/mol. The average molecular weight is 498 g/mol. The lowest BCUT2D eigenvalue weighted by Gasteiger charge is -2.25. The molecule has 4 heterocycles. The third-order valence-electron chi connectivity index (χ3n) is 6.55. The van der Waals surface area contributed by atoms with E-state index in [1.54, 1.807) is 36.1 Å². The number of fused-ring (bicyclic) bond motifs is 2. The fourth-order valence-electron chi connectivity index (χ4n) is 4.81. The molecule has 6 rings (SSSR count). The second-order valence-corrected chi connectivity index (χ2v) is 10.7. The van der Waals surface area contributed by atoms with Gasteiger partial charge in [0.15, 0.2) is 29.1 Å². The van der Waals surface area contributed by atoms with E-state index in [4.69, 9.17) is 13.9 Å². The molecule has 0 saturated heterocycles. The van der Waals surface area contributed by atoms with Crippen LogP contribution in [0.25, 0.3) is 11.1 Å². The second kappa shape index (κ2) is 8.08. The first-order chi connectivity index (χ1) is 16.8. The smallest absolute Gasteiger partial charge is 0.256 e. The van der Waals surface area contributed by atoms with E-state index in [0.29, 0.717) is 47.3 Å². The highest BCUT2D eigenvalue weighted by Gasteiger charge is 2.39. The van der Waals surface area contributed by atoms with Crippen LogP contribution < -0.4 is 9.47 Å². The molecule has 182 valence electrons. The Bertz CT molecular complexity index is 1480. The Hall–Kier alpha value is -3.41. The molecule has 1 unspecified atom stereocenters. The first-order valence-corrected chi connectivity index (χ1v) is 12.7. The van der Waals surface area contributed by atoms with Crippen molar-refractivity contribution in [3.8, 4) is 11.5 Å². The molecule has 0 fully saturated rings. The van der Waals surface area contributed by atoms with Gasteiger partial charge in [-0.3, -0.25) is 4.79 Å². The fourth-order valence-corrected chi connectivity index (χ4v) is 6.26. The number of amides is 1. The molecule has 0 bridgehead atoms. The van der Waals surface area contributed by atoms with Gasteiger partial charge in [-0.25, -0.2) is 13.4 Å². The van der Waals surface area contributed by atoms with Gasteiger partial charge in [0, 0.05) is 44.7 Å². The van der Waals surface area contributed by atoms with Crippen LogP contribution in [0.15, 0.2) is 56.9 Å². The van der Waals surface area contributed by atoms with E-state index in [-0.39, 0.29) is 31.1 Å². The van der Waals surface area contributed by atoms with Gasteiger partial charge in [0.25, 0.3) is 5.91 Å². The summed E-state index contributed by atoms with van der Waals surface area (Å²) in [6, 6.07) is 9.72. The number of aliphatic hydroxyl groups excluding tert-OH is 1. The molecular formula is C24H23N3O7S. The molecule has 0 spiro atoms. The molecule has 0 saturated carbocycles. The molecule has 1 amide bonds. The van der Waals surface area contributed by atoms with Gasteiger partial charge in [0.05, 0.1) is 4.90 Å². The van der Waals surface area contributed by atoms with Gasteiger partial charge in [-0.15, -0.1) is 0 Å². The lowest BCUT2D eigenvalue weighted by Crippen LogP contribution is -2.38. The van der Waals surface area contributed by atoms with Crippen LogP contribution in [-0.4, -0.2) is 73.0 Å². The van der Waals surface area contributed by atoms with Gasteiger partial charge < -0.3 is 23.9 Å². The van der Waals surface area contributed by atoms with Crippen molar-refractivity contribution in [2.75, 3.05) is 39.4 Å². The number of hydrogen-bond donors (Lipinski definition) is 1. The summed E-state index contributed by atoms with van der Waals surface area (Å²) in [6.07, 6.45) is -1.39. The number of oxazole rings is 1. The standard InChI is InChI=1S/C24H23N3O7S/c1-14-25-22-18(3-2-4-20(22)34-14)23(28)24(29)26-10-15-12-27(13-16(15)11-26)35(30,31)17-5-6-19-21(9-17)33-8-7-32-19/h2-6,9,23,28H,7-8,10-13H2,1H3. The van der Waals surface area contributed by atoms with E-state index in [1.165, 1.54) is 16.4 Å². The van der Waals surface area contributed by atoms with E-state index in [9.17, 15) is 18.3 Å². The highest BCUT2D eigenvalue weighted by atomic mass is 32.2. The zero-order chi connectivity index (χ0) is 24.3. The number of aryl methyl sites for hydroxylation is 1. The zero-order valence-corrected chi connectivity index (χ0v) is 19.7. The van der Waals surface area contributed by atoms with Crippen LogP contribution in [0.1, 0.15) is 17.6 Å². The number of ether oxygens (including phenoxy) is 2. The second-order valence-electron chi connectivity index (χ2n) is 8.81. The SMILES string of the molecule is Cc1nc2c(C(O)C(=O)N3CC4=C(C3)CN(S(=O)(=O)c3ccc5c(c3)OCCO5)C4)cccc2o1. The van der Waals surface area contributed by atoms with Crippen molar-refractivity contribution in [3.63, 3.8) is 0 Å². The number of benzene rings is 2. The van der Waals surface area contributed by atoms with E-state index in [0.717, 1.165) is 11.1 Å². The third-order valence-corrected chi connectivity index (χ3v) is 8.33. The average Bonchev–Trinajstić information content (AvgIpc) is 3.55. The summed E-state index contributed by atoms with van der Waals surface area (Å²) in [5.41, 5.74) is 3.11. The molecule has 1 atom stereocenters. The van der Waals surface area contributed by atoms with Gasteiger partial charge in [-0.05, 0) is 29.3 Å². The molecule has 0 radical (unpaired) electrons. The molecule has 1 N–H and O–H groups in total. The van der Waals surface area contributed by atoms with E-state index in [1.807, 2.05) is 0 Å². The summed E-state index contributed by atoms with van der Waals surface area (Å²) in [4.78, 5) is 19.1. The highest BCUT2D eigenvalue weighted by molar-refractivity contribution is 7.89. The van der Waals surface area contributed by atoms with Gasteiger partial charge >= 0.3 is 0 Å². The van der Waals surface area contributed by atoms with Crippen molar-refractivity contribution in [2.45, 2.75) is 17.9 Å². The minimum Gasteiger partial charge on any atom is -0.486 e. The van der Waals surface area contributed by atoms with Crippen LogP contribution in [0, 0.1) is 6.92 Å². The summed E-state index contributed by atoms with van der Waals surface area (Å²) in [6.45, 7) is 3.44. The number of hydrogen-bond acceptors (Lipinski definition) is 8.